The van der Waals surface area contributed by atoms with Gasteiger partial charge in [-0.1, -0.05) is 29.8 Å². The molecule has 2 aromatic carbocycles. The molecule has 4 nitrogen and oxygen atoms in total. The molecule has 0 aromatic heterocycles. The maximum absolute atomic E-state index is 12.4. The SMILES string of the molecule is Cc1ccc(N2C(=O)c3ccccc3S2(=O)=O)cc1. The second-order valence-corrected chi connectivity index (χ2v) is 6.16. The van der Waals surface area contributed by atoms with Crippen LogP contribution in [0.5, 0.6) is 0 Å². The number of sulfonamides is 1. The molecule has 0 aliphatic carbocycles. The molecule has 1 aliphatic rings. The van der Waals surface area contributed by atoms with Crippen LogP contribution in [0.25, 0.3) is 0 Å². The molecule has 96 valence electrons. The van der Waals surface area contributed by atoms with Gasteiger partial charge in [0, 0.05) is 0 Å². The Morgan fingerprint density at radius 1 is 0.947 bits per heavy atom. The topological polar surface area (TPSA) is 54.5 Å². The fraction of sp³-hybridized carbons (Fsp3) is 0.0714. The number of anilines is 1. The number of carbonyl (C=O) groups excluding carboxylic acids is 1. The standard InChI is InChI=1S/C14H11NO3S/c1-10-6-8-11(9-7-10)15-14(16)12-4-2-3-5-13(12)19(15,17)18/h2-9H,1H3. The molecule has 0 atom stereocenters. The average Bonchev–Trinajstić information content (AvgIpc) is 2.60. The Hall–Kier alpha value is -2.14. The van der Waals surface area contributed by atoms with Crippen LogP contribution in [0.15, 0.2) is 53.4 Å². The molecule has 1 aliphatic heterocycles. The van der Waals surface area contributed by atoms with Gasteiger partial charge in [-0.25, -0.2) is 8.42 Å². The van der Waals surface area contributed by atoms with Crippen molar-refractivity contribution in [1.29, 1.82) is 0 Å². The van der Waals surface area contributed by atoms with Crippen LogP contribution in [-0.2, 0) is 10.0 Å². The van der Waals surface area contributed by atoms with E-state index >= 15 is 0 Å². The molecule has 5 heteroatoms. The van der Waals surface area contributed by atoms with Crippen LogP contribution in [0.2, 0.25) is 0 Å². The molecule has 3 rings (SSSR count). The summed E-state index contributed by atoms with van der Waals surface area (Å²) in [4.78, 5) is 12.3. The number of hydrogen-bond acceptors (Lipinski definition) is 3. The van der Waals surface area contributed by atoms with Crippen molar-refractivity contribution in [3.8, 4) is 0 Å². The number of carbonyl (C=O) groups is 1. The molecule has 0 saturated carbocycles. The Labute approximate surface area is 111 Å². The summed E-state index contributed by atoms with van der Waals surface area (Å²) in [6.45, 7) is 1.90. The predicted molar refractivity (Wildman–Crippen MR) is 71.6 cm³/mol. The van der Waals surface area contributed by atoms with Gasteiger partial charge in [0.25, 0.3) is 15.9 Å². The number of amides is 1. The molecule has 0 N–H and O–H groups in total. The summed E-state index contributed by atoms with van der Waals surface area (Å²) >= 11 is 0. The molecule has 0 bridgehead atoms. The molecule has 1 heterocycles. The fourth-order valence-corrected chi connectivity index (χ4v) is 3.72. The maximum atomic E-state index is 12.4. The number of benzene rings is 2. The van der Waals surface area contributed by atoms with Gasteiger partial charge < -0.3 is 0 Å². The highest BCUT2D eigenvalue weighted by atomic mass is 32.2. The van der Waals surface area contributed by atoms with Gasteiger partial charge >= 0.3 is 0 Å². The summed E-state index contributed by atoms with van der Waals surface area (Å²) in [5.74, 6) is -0.501. The van der Waals surface area contributed by atoms with Gasteiger partial charge in [0.2, 0.25) is 0 Å². The molecular formula is C14H11NO3S. The lowest BCUT2D eigenvalue weighted by molar-refractivity contribution is 0.101. The highest BCUT2D eigenvalue weighted by Gasteiger charge is 2.41. The first-order chi connectivity index (χ1) is 9.01. The van der Waals surface area contributed by atoms with E-state index in [1.807, 2.05) is 6.92 Å². The Bertz CT molecular complexity index is 764. The molecule has 0 fully saturated rings. The minimum absolute atomic E-state index is 0.0700. The third-order valence-electron chi connectivity index (χ3n) is 3.09. The summed E-state index contributed by atoms with van der Waals surface area (Å²) in [6.07, 6.45) is 0. The van der Waals surface area contributed by atoms with Crippen LogP contribution < -0.4 is 4.31 Å². The highest BCUT2D eigenvalue weighted by Crippen LogP contribution is 2.34. The lowest BCUT2D eigenvalue weighted by Gasteiger charge is -2.15. The van der Waals surface area contributed by atoms with E-state index in [4.69, 9.17) is 0 Å². The number of rotatable bonds is 1. The van der Waals surface area contributed by atoms with Gasteiger partial charge in [-0.15, -0.1) is 0 Å². The molecule has 0 radical (unpaired) electrons. The lowest BCUT2D eigenvalue weighted by Crippen LogP contribution is -2.29. The molecular weight excluding hydrogens is 262 g/mol. The molecule has 0 saturated heterocycles. The second-order valence-electron chi connectivity index (χ2n) is 4.41. The minimum atomic E-state index is -3.78. The van der Waals surface area contributed by atoms with Crippen molar-refractivity contribution in [3.05, 3.63) is 59.7 Å². The molecule has 1 amide bonds. The summed E-state index contributed by atoms with van der Waals surface area (Å²) in [5.41, 5.74) is 1.60. The van der Waals surface area contributed by atoms with Gasteiger partial charge in [0.15, 0.2) is 0 Å². The molecule has 0 spiro atoms. The first-order valence-corrected chi connectivity index (χ1v) is 7.21. The van der Waals surface area contributed by atoms with E-state index in [2.05, 4.69) is 0 Å². The normalized spacial score (nSPS) is 16.5. The smallest absolute Gasteiger partial charge is 0.268 e. The van der Waals surface area contributed by atoms with E-state index in [9.17, 15) is 13.2 Å². The minimum Gasteiger partial charge on any atom is -0.268 e. The number of aryl methyl sites for hydroxylation is 1. The zero-order chi connectivity index (χ0) is 13.6. The van der Waals surface area contributed by atoms with Crippen LogP contribution in [0, 0.1) is 6.92 Å². The van der Waals surface area contributed by atoms with E-state index in [1.54, 1.807) is 36.4 Å². The molecule has 2 aromatic rings. The number of hydrogen-bond donors (Lipinski definition) is 0. The van der Waals surface area contributed by atoms with Crippen molar-refractivity contribution in [2.45, 2.75) is 11.8 Å². The van der Waals surface area contributed by atoms with E-state index in [0.29, 0.717) is 5.69 Å². The third kappa shape index (κ3) is 1.66. The molecule has 0 unspecified atom stereocenters. The van der Waals surface area contributed by atoms with Gasteiger partial charge in [-0.2, -0.15) is 4.31 Å². The van der Waals surface area contributed by atoms with Crippen molar-refractivity contribution in [3.63, 3.8) is 0 Å². The quantitative estimate of drug-likeness (QED) is 0.801. The summed E-state index contributed by atoms with van der Waals surface area (Å²) in [7, 11) is -3.78. The predicted octanol–water partition coefficient (Wildman–Crippen LogP) is 2.34. The summed E-state index contributed by atoms with van der Waals surface area (Å²) in [6, 6.07) is 13.1. The van der Waals surface area contributed by atoms with Crippen LogP contribution in [0.3, 0.4) is 0 Å². The van der Waals surface area contributed by atoms with E-state index in [0.717, 1.165) is 9.87 Å². The third-order valence-corrected chi connectivity index (χ3v) is 4.86. The Morgan fingerprint density at radius 2 is 1.58 bits per heavy atom. The van der Waals surface area contributed by atoms with Gasteiger partial charge in [0.1, 0.15) is 4.90 Å². The highest BCUT2D eigenvalue weighted by molar-refractivity contribution is 7.94. The van der Waals surface area contributed by atoms with Crippen molar-refractivity contribution >= 4 is 21.6 Å². The lowest BCUT2D eigenvalue weighted by atomic mass is 10.2. The van der Waals surface area contributed by atoms with Gasteiger partial charge in [-0.3, -0.25) is 4.79 Å². The first-order valence-electron chi connectivity index (χ1n) is 5.77. The zero-order valence-electron chi connectivity index (χ0n) is 10.2. The number of nitrogens with zero attached hydrogens (tertiary/aromatic N) is 1. The fourth-order valence-electron chi connectivity index (χ4n) is 2.12. The van der Waals surface area contributed by atoms with Crippen LogP contribution >= 0.6 is 0 Å². The first kappa shape index (κ1) is 11.9. The van der Waals surface area contributed by atoms with Crippen LogP contribution in [-0.4, -0.2) is 14.3 Å². The van der Waals surface area contributed by atoms with Gasteiger partial charge in [-0.05, 0) is 31.2 Å². The van der Waals surface area contributed by atoms with Gasteiger partial charge in [0.05, 0.1) is 11.3 Å². The average molecular weight is 273 g/mol. The monoisotopic (exact) mass is 273 g/mol. The largest absolute Gasteiger partial charge is 0.273 e. The molecule has 19 heavy (non-hydrogen) atoms. The summed E-state index contributed by atoms with van der Waals surface area (Å²) in [5, 5.41) is 0. The van der Waals surface area contributed by atoms with Crippen LogP contribution in [0.4, 0.5) is 5.69 Å². The zero-order valence-corrected chi connectivity index (χ0v) is 11.0. The summed E-state index contributed by atoms with van der Waals surface area (Å²) < 4.78 is 25.6. The maximum Gasteiger partial charge on any atom is 0.273 e. The Morgan fingerprint density at radius 3 is 2.21 bits per heavy atom. The van der Waals surface area contributed by atoms with E-state index in [-0.39, 0.29) is 10.5 Å². The second kappa shape index (κ2) is 3.93. The van der Waals surface area contributed by atoms with Crippen molar-refractivity contribution in [2.24, 2.45) is 0 Å². The number of fused-ring (bicyclic) bond motifs is 1. The van der Waals surface area contributed by atoms with Crippen LogP contribution in [0.1, 0.15) is 15.9 Å². The van der Waals surface area contributed by atoms with E-state index < -0.39 is 15.9 Å². The van der Waals surface area contributed by atoms with E-state index in [1.165, 1.54) is 12.1 Å². The Kier molecular flexibility index (Phi) is 2.46. The van der Waals surface area contributed by atoms with Crippen molar-refractivity contribution in [2.75, 3.05) is 4.31 Å². The Balaban J connectivity index is 2.21. The van der Waals surface area contributed by atoms with Crippen molar-refractivity contribution in [1.82, 2.24) is 0 Å². The van der Waals surface area contributed by atoms with Crippen molar-refractivity contribution < 1.29 is 13.2 Å².